The first-order valence-electron chi connectivity index (χ1n) is 21.0. The highest BCUT2D eigenvalue weighted by Crippen LogP contribution is 2.25. The van der Waals surface area contributed by atoms with Gasteiger partial charge in [-0.1, -0.05) is 56.3 Å². The number of H-pyrrole nitrogens is 1. The average molecular weight is 914 g/mol. The number of nitrogens with zero attached hydrogens (tertiary/aromatic N) is 4. The van der Waals surface area contributed by atoms with Gasteiger partial charge in [0.15, 0.2) is 17.7 Å². The van der Waals surface area contributed by atoms with E-state index in [0.717, 1.165) is 17.1 Å². The van der Waals surface area contributed by atoms with Gasteiger partial charge in [-0.15, -0.1) is 0 Å². The highest BCUT2D eigenvalue weighted by atomic mass is 16.6. The van der Waals surface area contributed by atoms with Gasteiger partial charge in [0.05, 0.1) is 19.0 Å². The number of aliphatic hydroxyl groups excluding tert-OH is 3. The lowest BCUT2D eigenvalue weighted by Crippen LogP contribution is -2.67. The number of imidazole rings is 1. The maximum atomic E-state index is 13.8. The Balaban J connectivity index is 0.992. The molecule has 0 saturated carbocycles. The fraction of sp³-hybridized carbons (Fsp3) is 0.395. The first-order valence-corrected chi connectivity index (χ1v) is 21.0. The number of ether oxygens (including phenoxy) is 2. The van der Waals surface area contributed by atoms with Gasteiger partial charge < -0.3 is 61.7 Å². The van der Waals surface area contributed by atoms with Crippen LogP contribution in [-0.2, 0) is 51.3 Å². The molecule has 2 aromatic carbocycles. The Morgan fingerprint density at radius 3 is 2.24 bits per heavy atom. The summed E-state index contributed by atoms with van der Waals surface area (Å²) in [6.07, 6.45) is -2.06. The van der Waals surface area contributed by atoms with E-state index in [2.05, 4.69) is 51.8 Å². The van der Waals surface area contributed by atoms with Crippen LogP contribution < -0.4 is 31.9 Å². The molecule has 6 rings (SSSR count). The Hall–Kier alpha value is -7.34. The molecule has 350 valence electrons. The van der Waals surface area contributed by atoms with Gasteiger partial charge >= 0.3 is 6.09 Å². The Morgan fingerprint density at radius 2 is 1.56 bits per heavy atom. The molecule has 10 N–H and O–H groups in total. The topological polar surface area (TPSA) is 329 Å². The van der Waals surface area contributed by atoms with Crippen LogP contribution in [0.3, 0.4) is 0 Å². The first-order chi connectivity index (χ1) is 31.6. The number of rotatable bonds is 19. The number of benzene rings is 2. The van der Waals surface area contributed by atoms with Crippen LogP contribution in [0.2, 0.25) is 0 Å². The van der Waals surface area contributed by atoms with E-state index in [-0.39, 0.29) is 37.7 Å². The second-order valence-electron chi connectivity index (χ2n) is 15.8. The Morgan fingerprint density at radius 1 is 0.848 bits per heavy atom. The summed E-state index contributed by atoms with van der Waals surface area (Å²) in [5.41, 5.74) is 2.29. The Kier molecular flexibility index (Phi) is 16.1. The number of carbonyl (C=O) groups is 7. The third kappa shape index (κ3) is 12.3. The molecule has 7 amide bonds. The number of hydrogen-bond acceptors (Lipinski definition) is 16. The maximum Gasteiger partial charge on any atom is 0.408 e. The molecule has 2 unspecified atom stereocenters. The molecule has 8 atom stereocenters. The number of alkyl carbamates (subject to hydrolysis) is 1. The third-order valence-electron chi connectivity index (χ3n) is 10.7. The number of aliphatic hydroxyl groups is 3. The summed E-state index contributed by atoms with van der Waals surface area (Å²) < 4.78 is 11.3. The molecule has 1 saturated heterocycles. The highest BCUT2D eigenvalue weighted by molar-refractivity contribution is 6.13. The van der Waals surface area contributed by atoms with Gasteiger partial charge in [0.25, 0.3) is 11.8 Å². The molecule has 23 heteroatoms. The number of fused-ring (bicyclic) bond motifs is 1. The van der Waals surface area contributed by atoms with Crippen molar-refractivity contribution in [3.05, 3.63) is 90.5 Å². The van der Waals surface area contributed by atoms with E-state index < -0.39 is 96.9 Å². The number of aromatic nitrogens is 4. The largest absolute Gasteiger partial charge is 0.445 e. The van der Waals surface area contributed by atoms with Gasteiger partial charge in [0.2, 0.25) is 23.6 Å². The van der Waals surface area contributed by atoms with Crippen LogP contribution in [0.1, 0.15) is 38.3 Å². The first kappa shape index (κ1) is 48.1. The molecule has 2 aromatic heterocycles. The Labute approximate surface area is 377 Å². The summed E-state index contributed by atoms with van der Waals surface area (Å²) in [6, 6.07) is 10.4. The molecule has 0 bridgehead atoms. The van der Waals surface area contributed by atoms with Gasteiger partial charge in [-0.05, 0) is 36.1 Å². The second-order valence-corrected chi connectivity index (χ2v) is 15.8. The fourth-order valence-electron chi connectivity index (χ4n) is 7.03. The van der Waals surface area contributed by atoms with Gasteiger partial charge in [0.1, 0.15) is 54.9 Å². The lowest BCUT2D eigenvalue weighted by Gasteiger charge is -2.43. The van der Waals surface area contributed by atoms with Crippen LogP contribution in [0.25, 0.3) is 11.2 Å². The van der Waals surface area contributed by atoms with Crippen molar-refractivity contribution >= 4 is 64.2 Å². The zero-order chi connectivity index (χ0) is 47.5. The van der Waals surface area contributed by atoms with Crippen molar-refractivity contribution in [1.82, 2.24) is 46.1 Å². The van der Waals surface area contributed by atoms with Crippen molar-refractivity contribution in [3.63, 3.8) is 0 Å². The number of amides is 7. The second kappa shape index (κ2) is 22.0. The molecular weight excluding hydrogens is 863 g/mol. The molecule has 23 nitrogen and oxygen atoms in total. The molecular formula is C43H51N11O12. The lowest BCUT2D eigenvalue weighted by molar-refractivity contribution is -0.185. The van der Waals surface area contributed by atoms with Crippen LogP contribution in [0.15, 0.2) is 79.4 Å². The molecule has 0 spiro atoms. The van der Waals surface area contributed by atoms with Crippen molar-refractivity contribution in [2.75, 3.05) is 23.8 Å². The number of imide groups is 1. The van der Waals surface area contributed by atoms with Gasteiger partial charge in [-0.25, -0.2) is 19.7 Å². The predicted octanol–water partition coefficient (Wildman–Crippen LogP) is -0.875. The van der Waals surface area contributed by atoms with E-state index in [1.807, 2.05) is 0 Å². The lowest BCUT2D eigenvalue weighted by atomic mass is 9.94. The highest BCUT2D eigenvalue weighted by Gasteiger charge is 2.46. The zero-order valence-electron chi connectivity index (χ0n) is 36.0. The van der Waals surface area contributed by atoms with Crippen LogP contribution in [0, 0.1) is 5.92 Å². The van der Waals surface area contributed by atoms with Gasteiger partial charge in [-0.3, -0.25) is 33.7 Å². The fourth-order valence-corrected chi connectivity index (χ4v) is 7.03. The summed E-state index contributed by atoms with van der Waals surface area (Å²) in [7, 11) is 0. The van der Waals surface area contributed by atoms with E-state index in [0.29, 0.717) is 28.0 Å². The third-order valence-corrected chi connectivity index (χ3v) is 10.7. The summed E-state index contributed by atoms with van der Waals surface area (Å²) in [5.74, 6) is -3.71. The van der Waals surface area contributed by atoms with E-state index in [9.17, 15) is 48.9 Å². The minimum atomic E-state index is -1.65. The molecule has 2 aliphatic rings. The summed E-state index contributed by atoms with van der Waals surface area (Å²) >= 11 is 0. The number of carbonyl (C=O) groups excluding carboxylic acids is 7. The number of nitrogens with one attached hydrogen (secondary N) is 7. The van der Waals surface area contributed by atoms with Crippen molar-refractivity contribution in [2.45, 2.75) is 88.9 Å². The van der Waals surface area contributed by atoms with Gasteiger partial charge in [0, 0.05) is 37.2 Å². The van der Waals surface area contributed by atoms with Gasteiger partial charge in [-0.2, -0.15) is 0 Å². The predicted molar refractivity (Wildman–Crippen MR) is 232 cm³/mol. The van der Waals surface area contributed by atoms with Crippen LogP contribution >= 0.6 is 0 Å². The minimum Gasteiger partial charge on any atom is -0.445 e. The van der Waals surface area contributed by atoms with Crippen LogP contribution in [0.4, 0.5) is 16.3 Å². The molecule has 4 heterocycles. The van der Waals surface area contributed by atoms with Crippen molar-refractivity contribution < 1.29 is 58.4 Å². The minimum absolute atomic E-state index is 0.000797. The van der Waals surface area contributed by atoms with Crippen molar-refractivity contribution in [2.24, 2.45) is 5.92 Å². The molecule has 0 radical (unpaired) electrons. The van der Waals surface area contributed by atoms with Crippen molar-refractivity contribution in [3.8, 4) is 0 Å². The van der Waals surface area contributed by atoms with E-state index in [1.165, 1.54) is 19.6 Å². The number of anilines is 2. The summed E-state index contributed by atoms with van der Waals surface area (Å²) in [6.45, 7) is 3.82. The molecule has 4 aromatic rings. The average Bonchev–Trinajstić information content (AvgIpc) is 3.92. The van der Waals surface area contributed by atoms with E-state index >= 15 is 0 Å². The number of hydrogen-bond donors (Lipinski definition) is 10. The molecule has 0 aliphatic carbocycles. The van der Waals surface area contributed by atoms with Crippen LogP contribution in [-0.4, -0.2) is 144 Å². The maximum absolute atomic E-state index is 13.8. The monoisotopic (exact) mass is 913 g/mol. The standard InChI is InChI=1S/C43H51N11O12/c1-22(2)32(51-29(56)15-16-54-30(57)13-14-31(54)58)41(63)48-23(3)39(61)49-26-11-9-25(10-12-26)19-65-43(64)50-27(17-24-7-5-4-6-8-24)40(62)52-33-28(18-55)66-42(36(60)35(33)59)53-38-34-37(45-20-44-34)46-21-47-38/h4-14,20-23,27-28,32-33,35-36,42,55,59-60H,15-19H2,1-3H3,(H,48,63)(H,49,61)(H,50,64)(H,51,56)(H,52,62)(H2,44,45,46,47,53)/t23-,27?,28-,32-,33?,35+,36-,42-/m0/s1. The Bertz CT molecular complexity index is 2400. The zero-order valence-corrected chi connectivity index (χ0v) is 36.0. The number of aromatic amines is 1. The molecule has 2 aliphatic heterocycles. The van der Waals surface area contributed by atoms with E-state index in [1.54, 1.807) is 68.4 Å². The van der Waals surface area contributed by atoms with Crippen molar-refractivity contribution in [1.29, 1.82) is 0 Å². The molecule has 1 fully saturated rings. The smallest absolute Gasteiger partial charge is 0.408 e. The van der Waals surface area contributed by atoms with Crippen LogP contribution in [0.5, 0.6) is 0 Å². The summed E-state index contributed by atoms with van der Waals surface area (Å²) in [4.78, 5) is 105. The van der Waals surface area contributed by atoms with E-state index in [4.69, 9.17) is 9.47 Å². The SMILES string of the molecule is CC(C)[C@H](NC(=O)CCN1C(=O)C=CC1=O)C(=O)N[C@@H](C)C(=O)Nc1ccc(COC(=O)NC(Cc2ccccc2)C(=O)NC2[C@H](CO)O[C@H](Nc3ncnc4nc[nH]c34)[C@@H](O)[C@@H]2O)cc1. The summed E-state index contributed by atoms with van der Waals surface area (Å²) in [5, 5.41) is 48.4. The quantitative estimate of drug-likeness (QED) is 0.0511. The molecule has 66 heavy (non-hydrogen) atoms. The normalized spacial score (nSPS) is 20.6.